The average Bonchev–Trinajstić information content (AvgIpc) is 2.63. The predicted octanol–water partition coefficient (Wildman–Crippen LogP) is 3.14. The minimum Gasteiger partial charge on any atom is -0.302 e. The molecule has 1 unspecified atom stereocenters. The first-order valence-corrected chi connectivity index (χ1v) is 6.52. The second-order valence-corrected chi connectivity index (χ2v) is 4.62. The van der Waals surface area contributed by atoms with Gasteiger partial charge >= 0.3 is 0 Å². The van der Waals surface area contributed by atoms with E-state index in [0.29, 0.717) is 12.5 Å². The van der Waals surface area contributed by atoms with Crippen LogP contribution in [0.4, 0.5) is 0 Å². The molecule has 0 bridgehead atoms. The number of nitriles is 1. The van der Waals surface area contributed by atoms with Gasteiger partial charge in [-0.15, -0.1) is 0 Å². The van der Waals surface area contributed by atoms with Gasteiger partial charge in [-0.3, -0.25) is 0 Å². The number of hydrogen-bond donors (Lipinski definition) is 1. The first-order valence-electron chi connectivity index (χ1n) is 6.52. The minimum atomic E-state index is -0.0286. The normalized spacial score (nSPS) is 18.8. The van der Waals surface area contributed by atoms with Gasteiger partial charge in [0, 0.05) is 11.5 Å². The van der Waals surface area contributed by atoms with Gasteiger partial charge in [-0.25, -0.2) is 0 Å². The molecule has 1 N–H and O–H groups in total. The van der Waals surface area contributed by atoms with Crippen molar-refractivity contribution < 1.29 is 0 Å². The molecular weight excluding hydrogens is 214 g/mol. The molecule has 1 rings (SSSR count). The summed E-state index contributed by atoms with van der Waals surface area (Å²) in [6.07, 6.45) is 8.27. The molecule has 0 aromatic carbocycles. The predicted molar refractivity (Wildman–Crippen MR) is 67.2 cm³/mol. The van der Waals surface area contributed by atoms with E-state index >= 15 is 0 Å². The first-order chi connectivity index (χ1) is 8.38. The van der Waals surface area contributed by atoms with Crippen molar-refractivity contribution >= 4 is 0 Å². The number of nitrogens with zero attached hydrogens (tertiary/aromatic N) is 4. The summed E-state index contributed by atoms with van der Waals surface area (Å²) in [6, 6.07) is 2.35. The van der Waals surface area contributed by atoms with E-state index in [9.17, 15) is 5.26 Å². The van der Waals surface area contributed by atoms with Crippen LogP contribution >= 0.6 is 0 Å². The lowest BCUT2D eigenvalue weighted by Crippen LogP contribution is -2.35. The molecule has 17 heavy (non-hydrogen) atoms. The van der Waals surface area contributed by atoms with E-state index in [1.807, 2.05) is 0 Å². The van der Waals surface area contributed by atoms with E-state index in [4.69, 9.17) is 5.53 Å². The summed E-state index contributed by atoms with van der Waals surface area (Å²) < 4.78 is 0. The van der Waals surface area contributed by atoms with Crippen molar-refractivity contribution in [1.82, 2.24) is 5.32 Å². The molecule has 0 amide bonds. The number of azide groups is 1. The Morgan fingerprint density at radius 2 is 2.06 bits per heavy atom. The van der Waals surface area contributed by atoms with Gasteiger partial charge in [0.25, 0.3) is 0 Å². The summed E-state index contributed by atoms with van der Waals surface area (Å²) in [7, 11) is 0. The molecule has 0 spiro atoms. The Morgan fingerprint density at radius 3 is 2.65 bits per heavy atom. The lowest BCUT2D eigenvalue weighted by Gasteiger charge is -2.21. The van der Waals surface area contributed by atoms with Crippen LogP contribution in [0.3, 0.4) is 0 Å². The van der Waals surface area contributed by atoms with Crippen molar-refractivity contribution in [2.24, 2.45) is 11.0 Å². The second kappa shape index (κ2) is 8.86. The SMILES string of the molecule is N#CC(NCCCN=[N+]=[N-])C1CCCCCC1. The molecule has 94 valence electrons. The zero-order chi connectivity index (χ0) is 12.3. The molecule has 1 aliphatic carbocycles. The Bertz CT molecular complexity index is 282. The molecule has 1 atom stereocenters. The molecule has 5 heteroatoms. The topological polar surface area (TPSA) is 84.6 Å². The van der Waals surface area contributed by atoms with Gasteiger partial charge in [0.2, 0.25) is 0 Å². The first kappa shape index (κ1) is 13.8. The van der Waals surface area contributed by atoms with Crippen molar-refractivity contribution in [3.8, 4) is 6.07 Å². The maximum Gasteiger partial charge on any atom is 0.0981 e. The fourth-order valence-electron chi connectivity index (χ4n) is 2.41. The smallest absolute Gasteiger partial charge is 0.0981 e. The maximum absolute atomic E-state index is 9.18. The van der Waals surface area contributed by atoms with Gasteiger partial charge in [0.15, 0.2) is 0 Å². The fraction of sp³-hybridized carbons (Fsp3) is 0.917. The monoisotopic (exact) mass is 235 g/mol. The van der Waals surface area contributed by atoms with Crippen LogP contribution in [-0.2, 0) is 0 Å². The third-order valence-electron chi connectivity index (χ3n) is 3.37. The molecule has 0 radical (unpaired) electrons. The van der Waals surface area contributed by atoms with Crippen molar-refractivity contribution in [2.75, 3.05) is 13.1 Å². The van der Waals surface area contributed by atoms with E-state index in [1.54, 1.807) is 0 Å². The van der Waals surface area contributed by atoms with Crippen LogP contribution < -0.4 is 5.32 Å². The summed E-state index contributed by atoms with van der Waals surface area (Å²) >= 11 is 0. The number of rotatable bonds is 6. The fourth-order valence-corrected chi connectivity index (χ4v) is 2.41. The third kappa shape index (κ3) is 5.58. The van der Waals surface area contributed by atoms with Crippen LogP contribution in [0.5, 0.6) is 0 Å². The Balaban J connectivity index is 2.26. The van der Waals surface area contributed by atoms with Crippen LogP contribution in [0.15, 0.2) is 5.11 Å². The summed E-state index contributed by atoms with van der Waals surface area (Å²) in [5.74, 6) is 0.502. The highest BCUT2D eigenvalue weighted by Crippen LogP contribution is 2.25. The van der Waals surface area contributed by atoms with Gasteiger partial charge in [0.1, 0.15) is 0 Å². The summed E-state index contributed by atoms with van der Waals surface area (Å²) in [4.78, 5) is 2.71. The Labute approximate surface area is 103 Å². The van der Waals surface area contributed by atoms with Crippen molar-refractivity contribution in [3.05, 3.63) is 10.4 Å². The Morgan fingerprint density at radius 1 is 1.35 bits per heavy atom. The van der Waals surface area contributed by atoms with Crippen LogP contribution in [-0.4, -0.2) is 19.1 Å². The highest BCUT2D eigenvalue weighted by molar-refractivity contribution is 4.95. The zero-order valence-corrected chi connectivity index (χ0v) is 10.3. The Kier molecular flexibility index (Phi) is 7.20. The largest absolute Gasteiger partial charge is 0.302 e. The van der Waals surface area contributed by atoms with Gasteiger partial charge < -0.3 is 5.32 Å². The minimum absolute atomic E-state index is 0.0286. The Hall–Kier alpha value is -1.24. The molecule has 1 aliphatic rings. The molecule has 0 aromatic rings. The highest BCUT2D eigenvalue weighted by atomic mass is 15.1. The van der Waals surface area contributed by atoms with E-state index in [-0.39, 0.29) is 6.04 Å². The van der Waals surface area contributed by atoms with Crippen LogP contribution in [0, 0.1) is 17.2 Å². The number of hydrogen-bond acceptors (Lipinski definition) is 3. The average molecular weight is 235 g/mol. The molecule has 1 saturated carbocycles. The summed E-state index contributed by atoms with van der Waals surface area (Å²) in [5.41, 5.74) is 8.14. The highest BCUT2D eigenvalue weighted by Gasteiger charge is 2.21. The molecule has 0 aliphatic heterocycles. The maximum atomic E-state index is 9.18. The van der Waals surface area contributed by atoms with Crippen LogP contribution in [0.25, 0.3) is 10.4 Å². The second-order valence-electron chi connectivity index (χ2n) is 4.62. The van der Waals surface area contributed by atoms with E-state index in [2.05, 4.69) is 21.4 Å². The standard InChI is InChI=1S/C12H21N5/c13-10-12(15-8-5-9-16-17-14)11-6-3-1-2-4-7-11/h11-12,15H,1-9H2. The number of nitrogens with one attached hydrogen (secondary N) is 1. The van der Waals surface area contributed by atoms with Crippen molar-refractivity contribution in [3.63, 3.8) is 0 Å². The van der Waals surface area contributed by atoms with Crippen LogP contribution in [0.2, 0.25) is 0 Å². The molecule has 0 heterocycles. The lowest BCUT2D eigenvalue weighted by molar-refractivity contribution is 0.370. The van der Waals surface area contributed by atoms with Gasteiger partial charge in [0.05, 0.1) is 12.1 Å². The van der Waals surface area contributed by atoms with E-state index < -0.39 is 0 Å². The quantitative estimate of drug-likeness (QED) is 0.252. The molecule has 0 saturated heterocycles. The van der Waals surface area contributed by atoms with E-state index in [1.165, 1.54) is 38.5 Å². The van der Waals surface area contributed by atoms with Gasteiger partial charge in [-0.05, 0) is 37.3 Å². The van der Waals surface area contributed by atoms with Gasteiger partial charge in [-0.2, -0.15) is 5.26 Å². The van der Waals surface area contributed by atoms with Crippen LogP contribution in [0.1, 0.15) is 44.9 Å². The third-order valence-corrected chi connectivity index (χ3v) is 3.37. The van der Waals surface area contributed by atoms with Gasteiger partial charge in [-0.1, -0.05) is 30.8 Å². The molecule has 5 nitrogen and oxygen atoms in total. The molecule has 0 aromatic heterocycles. The van der Waals surface area contributed by atoms with Crippen molar-refractivity contribution in [2.45, 2.75) is 51.0 Å². The zero-order valence-electron chi connectivity index (χ0n) is 10.3. The summed E-state index contributed by atoms with van der Waals surface area (Å²) in [6.45, 7) is 1.26. The van der Waals surface area contributed by atoms with Crippen molar-refractivity contribution in [1.29, 1.82) is 5.26 Å². The summed E-state index contributed by atoms with van der Waals surface area (Å²) in [5, 5.41) is 15.9. The lowest BCUT2D eigenvalue weighted by atomic mass is 9.92. The van der Waals surface area contributed by atoms with E-state index in [0.717, 1.165) is 13.0 Å². The molecular formula is C12H21N5. The molecule has 1 fully saturated rings.